The zero-order chi connectivity index (χ0) is 9.26. The molecule has 0 aliphatic heterocycles. The van der Waals surface area contributed by atoms with E-state index in [1.54, 1.807) is 18.5 Å². The van der Waals surface area contributed by atoms with Crippen LogP contribution in [0.15, 0.2) is 30.7 Å². The number of hydrogen-bond acceptors (Lipinski definition) is 3. The molecule has 0 unspecified atom stereocenters. The summed E-state index contributed by atoms with van der Waals surface area (Å²) >= 11 is 0. The van der Waals surface area contributed by atoms with E-state index < -0.39 is 5.91 Å². The number of pyridine rings is 2. The molecule has 13 heavy (non-hydrogen) atoms. The molecule has 2 rings (SSSR count). The van der Waals surface area contributed by atoms with Gasteiger partial charge in [-0.15, -0.1) is 0 Å². The average molecular weight is 173 g/mol. The number of rotatable bonds is 1. The molecular weight excluding hydrogens is 166 g/mol. The van der Waals surface area contributed by atoms with Crippen LogP contribution >= 0.6 is 0 Å². The Bertz CT molecular complexity index is 462. The lowest BCUT2D eigenvalue weighted by Crippen LogP contribution is -2.12. The van der Waals surface area contributed by atoms with Crippen LogP contribution in [0.4, 0.5) is 0 Å². The summed E-state index contributed by atoms with van der Waals surface area (Å²) in [6.07, 6.45) is 4.70. The summed E-state index contributed by atoms with van der Waals surface area (Å²) in [6.45, 7) is 0. The van der Waals surface area contributed by atoms with Crippen LogP contribution in [0.1, 0.15) is 10.4 Å². The molecule has 0 radical (unpaired) electrons. The van der Waals surface area contributed by atoms with E-state index >= 15 is 0 Å². The van der Waals surface area contributed by atoms with E-state index in [0.29, 0.717) is 11.1 Å². The van der Waals surface area contributed by atoms with Gasteiger partial charge in [0.1, 0.15) is 0 Å². The first-order chi connectivity index (χ1) is 6.29. The third kappa shape index (κ3) is 1.22. The van der Waals surface area contributed by atoms with Crippen LogP contribution in [-0.2, 0) is 0 Å². The molecule has 0 aliphatic rings. The smallest absolute Gasteiger partial charge is 0.252 e. The molecule has 2 aromatic heterocycles. The highest BCUT2D eigenvalue weighted by Crippen LogP contribution is 2.12. The van der Waals surface area contributed by atoms with Gasteiger partial charge in [0.05, 0.1) is 11.1 Å². The molecule has 1 amide bonds. The van der Waals surface area contributed by atoms with Gasteiger partial charge in [-0.1, -0.05) is 0 Å². The topological polar surface area (TPSA) is 68.9 Å². The molecule has 0 bridgehead atoms. The maximum absolute atomic E-state index is 11.0. The van der Waals surface area contributed by atoms with E-state index in [4.69, 9.17) is 5.73 Å². The van der Waals surface area contributed by atoms with E-state index in [1.807, 2.05) is 6.07 Å². The van der Waals surface area contributed by atoms with E-state index in [9.17, 15) is 4.79 Å². The lowest BCUT2D eigenvalue weighted by molar-refractivity contribution is 0.100. The zero-order valence-corrected chi connectivity index (χ0v) is 6.77. The van der Waals surface area contributed by atoms with Gasteiger partial charge in [-0.3, -0.25) is 14.8 Å². The van der Waals surface area contributed by atoms with Crippen molar-refractivity contribution in [3.8, 4) is 0 Å². The van der Waals surface area contributed by atoms with Gasteiger partial charge in [-0.25, -0.2) is 0 Å². The fraction of sp³-hybridized carbons (Fsp3) is 0. The van der Waals surface area contributed by atoms with Crippen molar-refractivity contribution in [2.24, 2.45) is 5.73 Å². The van der Waals surface area contributed by atoms with E-state index in [1.165, 1.54) is 6.20 Å². The molecular formula is C9H7N3O. The van der Waals surface area contributed by atoms with Crippen LogP contribution < -0.4 is 5.73 Å². The second kappa shape index (κ2) is 2.82. The van der Waals surface area contributed by atoms with Gasteiger partial charge in [0.15, 0.2) is 0 Å². The fourth-order valence-corrected chi connectivity index (χ4v) is 1.18. The number of aromatic nitrogens is 2. The first kappa shape index (κ1) is 7.67. The van der Waals surface area contributed by atoms with Crippen molar-refractivity contribution in [2.75, 3.05) is 0 Å². The Morgan fingerprint density at radius 3 is 3.00 bits per heavy atom. The molecule has 64 valence electrons. The van der Waals surface area contributed by atoms with Gasteiger partial charge in [0, 0.05) is 24.0 Å². The molecule has 0 spiro atoms. The van der Waals surface area contributed by atoms with Crippen LogP contribution in [-0.4, -0.2) is 15.9 Å². The Labute approximate surface area is 74.4 Å². The molecule has 4 nitrogen and oxygen atoms in total. The Kier molecular flexibility index (Phi) is 1.66. The van der Waals surface area contributed by atoms with Gasteiger partial charge >= 0.3 is 0 Å². The fourth-order valence-electron chi connectivity index (χ4n) is 1.18. The lowest BCUT2D eigenvalue weighted by atomic mass is 10.2. The Morgan fingerprint density at radius 1 is 1.38 bits per heavy atom. The van der Waals surface area contributed by atoms with Gasteiger partial charge in [0.2, 0.25) is 0 Å². The van der Waals surface area contributed by atoms with E-state index in [-0.39, 0.29) is 0 Å². The zero-order valence-electron chi connectivity index (χ0n) is 6.77. The Balaban J connectivity index is 2.83. The highest BCUT2D eigenvalue weighted by Gasteiger charge is 2.06. The monoisotopic (exact) mass is 173 g/mol. The van der Waals surface area contributed by atoms with Crippen LogP contribution in [0.2, 0.25) is 0 Å². The quantitative estimate of drug-likeness (QED) is 0.691. The molecule has 0 atom stereocenters. The molecule has 4 heteroatoms. The van der Waals surface area contributed by atoms with Gasteiger partial charge in [-0.2, -0.15) is 0 Å². The van der Waals surface area contributed by atoms with Crippen molar-refractivity contribution >= 4 is 16.8 Å². The molecule has 0 aliphatic carbocycles. The number of hydrogen-bond donors (Lipinski definition) is 1. The van der Waals surface area contributed by atoms with Crippen LogP contribution in [0.25, 0.3) is 10.9 Å². The maximum Gasteiger partial charge on any atom is 0.252 e. The molecule has 2 N–H and O–H groups in total. The third-order valence-electron chi connectivity index (χ3n) is 1.78. The molecule has 2 aromatic rings. The Hall–Kier alpha value is -1.97. The molecule has 0 saturated carbocycles. The van der Waals surface area contributed by atoms with Crippen molar-refractivity contribution < 1.29 is 4.79 Å². The first-order valence-electron chi connectivity index (χ1n) is 3.77. The summed E-state index contributed by atoms with van der Waals surface area (Å²) in [5.41, 5.74) is 6.12. The van der Waals surface area contributed by atoms with Gasteiger partial charge < -0.3 is 5.73 Å². The minimum Gasteiger partial charge on any atom is -0.365 e. The molecule has 0 saturated heterocycles. The summed E-state index contributed by atoms with van der Waals surface area (Å²) < 4.78 is 0. The average Bonchev–Trinajstić information content (AvgIpc) is 2.17. The summed E-state index contributed by atoms with van der Waals surface area (Å²) in [7, 11) is 0. The van der Waals surface area contributed by atoms with Crippen LogP contribution in [0, 0.1) is 0 Å². The van der Waals surface area contributed by atoms with Crippen molar-refractivity contribution in [3.63, 3.8) is 0 Å². The van der Waals surface area contributed by atoms with Gasteiger partial charge in [0.25, 0.3) is 5.91 Å². The van der Waals surface area contributed by atoms with E-state index in [0.717, 1.165) is 5.39 Å². The predicted octanol–water partition coefficient (Wildman–Crippen LogP) is 0.729. The summed E-state index contributed by atoms with van der Waals surface area (Å²) in [5, 5.41) is 0.818. The number of nitrogens with zero attached hydrogens (tertiary/aromatic N) is 2. The summed E-state index contributed by atoms with van der Waals surface area (Å²) in [4.78, 5) is 18.9. The molecule has 2 heterocycles. The number of nitrogens with two attached hydrogens (primary N) is 1. The third-order valence-corrected chi connectivity index (χ3v) is 1.78. The minimum absolute atomic E-state index is 0.359. The minimum atomic E-state index is -0.503. The number of fused-ring (bicyclic) bond motifs is 1. The number of carbonyl (C=O) groups excluding carboxylic acids is 1. The van der Waals surface area contributed by atoms with Gasteiger partial charge in [-0.05, 0) is 12.1 Å². The van der Waals surface area contributed by atoms with Crippen molar-refractivity contribution in [1.29, 1.82) is 0 Å². The largest absolute Gasteiger partial charge is 0.365 e. The highest BCUT2D eigenvalue weighted by molar-refractivity contribution is 6.03. The summed E-state index contributed by atoms with van der Waals surface area (Å²) in [6, 6.07) is 3.62. The number of amides is 1. The highest BCUT2D eigenvalue weighted by atomic mass is 16.1. The number of primary amides is 1. The standard InChI is InChI=1S/C9H7N3O/c10-9(13)7-5-11-4-6-2-1-3-12-8(6)7/h1-5H,(H2,10,13). The summed E-state index contributed by atoms with van der Waals surface area (Å²) in [5.74, 6) is -0.503. The second-order valence-corrected chi connectivity index (χ2v) is 2.63. The van der Waals surface area contributed by atoms with E-state index in [2.05, 4.69) is 9.97 Å². The number of carbonyl (C=O) groups is 1. The van der Waals surface area contributed by atoms with Crippen molar-refractivity contribution in [2.45, 2.75) is 0 Å². The van der Waals surface area contributed by atoms with Crippen molar-refractivity contribution in [3.05, 3.63) is 36.3 Å². The van der Waals surface area contributed by atoms with Crippen LogP contribution in [0.3, 0.4) is 0 Å². The lowest BCUT2D eigenvalue weighted by Gasteiger charge is -1.99. The van der Waals surface area contributed by atoms with Crippen LogP contribution in [0.5, 0.6) is 0 Å². The predicted molar refractivity (Wildman–Crippen MR) is 48.1 cm³/mol. The maximum atomic E-state index is 11.0. The molecule has 0 aromatic carbocycles. The second-order valence-electron chi connectivity index (χ2n) is 2.63. The molecule has 0 fully saturated rings. The Morgan fingerprint density at radius 2 is 2.23 bits per heavy atom. The normalized spacial score (nSPS) is 10.2. The van der Waals surface area contributed by atoms with Crippen molar-refractivity contribution in [1.82, 2.24) is 9.97 Å². The first-order valence-corrected chi connectivity index (χ1v) is 3.77. The SMILES string of the molecule is NC(=O)c1cncc2cccnc12.